The molecule has 6 unspecified atom stereocenters. The van der Waals surface area contributed by atoms with E-state index in [9.17, 15) is 44.1 Å². The van der Waals surface area contributed by atoms with Gasteiger partial charge in [0, 0.05) is 5.92 Å². The van der Waals surface area contributed by atoms with Gasteiger partial charge < -0.3 is 20.1 Å². The zero-order valence-electron chi connectivity index (χ0n) is 24.9. The van der Waals surface area contributed by atoms with Crippen molar-refractivity contribution in [3.05, 3.63) is 95.1 Å². The third-order valence-corrected chi connectivity index (χ3v) is 9.91. The number of phenolic OH excluding ortho intramolecular Hbond substituents is 1. The Labute approximate surface area is 267 Å². The van der Waals surface area contributed by atoms with Gasteiger partial charge in [0.1, 0.15) is 0 Å². The first kappa shape index (κ1) is 29.9. The largest absolute Gasteiger partial charge is 0.504 e. The summed E-state index contributed by atoms with van der Waals surface area (Å²) in [4.78, 5) is 81.7. The monoisotopic (exact) mass is 636 g/mol. The number of aromatic carboxylic acids is 2. The summed E-state index contributed by atoms with van der Waals surface area (Å²) in [6.45, 7) is 0. The molecule has 4 amide bonds. The molecular weight excluding hydrogens is 608 g/mol. The van der Waals surface area contributed by atoms with Gasteiger partial charge in [-0.3, -0.25) is 29.0 Å². The summed E-state index contributed by atoms with van der Waals surface area (Å²) < 4.78 is 5.35. The molecule has 3 fully saturated rings. The number of amides is 4. The second-order valence-corrected chi connectivity index (χ2v) is 12.2. The van der Waals surface area contributed by atoms with Crippen LogP contribution < -0.4 is 14.5 Å². The maximum Gasteiger partial charge on any atom is 0.335 e. The van der Waals surface area contributed by atoms with Crippen LogP contribution in [0.15, 0.2) is 78.4 Å². The molecule has 2 saturated heterocycles. The average molecular weight is 637 g/mol. The van der Waals surface area contributed by atoms with Crippen LogP contribution in [0.25, 0.3) is 0 Å². The lowest BCUT2D eigenvalue weighted by Gasteiger charge is -2.44. The van der Waals surface area contributed by atoms with Crippen LogP contribution in [0.2, 0.25) is 0 Å². The highest BCUT2D eigenvalue weighted by atomic mass is 16.5. The first-order chi connectivity index (χ1) is 22.5. The van der Waals surface area contributed by atoms with Crippen LogP contribution in [-0.4, -0.2) is 58.0 Å². The van der Waals surface area contributed by atoms with E-state index in [1.54, 1.807) is 12.1 Å². The summed E-state index contributed by atoms with van der Waals surface area (Å²) >= 11 is 0. The fraction of sp³-hybridized carbons (Fsp3) is 0.257. The molecule has 0 spiro atoms. The van der Waals surface area contributed by atoms with Crippen LogP contribution in [0, 0.1) is 29.6 Å². The maximum atomic E-state index is 14.3. The molecule has 2 aliphatic heterocycles. The highest BCUT2D eigenvalue weighted by Crippen LogP contribution is 2.59. The van der Waals surface area contributed by atoms with E-state index in [4.69, 9.17) is 4.74 Å². The van der Waals surface area contributed by atoms with Crippen molar-refractivity contribution in [2.45, 2.75) is 18.8 Å². The third kappa shape index (κ3) is 4.50. The molecule has 12 heteroatoms. The molecule has 3 aromatic rings. The molecule has 2 heterocycles. The summed E-state index contributed by atoms with van der Waals surface area (Å²) in [7, 11) is 1.38. The number of ether oxygens (including phenoxy) is 1. The van der Waals surface area contributed by atoms with E-state index in [0.717, 1.165) is 9.80 Å². The molecule has 0 aromatic heterocycles. The summed E-state index contributed by atoms with van der Waals surface area (Å²) in [5.41, 5.74) is 1.35. The van der Waals surface area contributed by atoms with Crippen molar-refractivity contribution in [2.24, 2.45) is 29.6 Å². The number of rotatable bonds is 6. The van der Waals surface area contributed by atoms with Crippen molar-refractivity contribution in [1.29, 1.82) is 0 Å². The quantitative estimate of drug-likeness (QED) is 0.266. The minimum atomic E-state index is -1.22. The number of aromatic hydroxyl groups is 1. The lowest BCUT2D eigenvalue weighted by Crippen LogP contribution is -2.43. The van der Waals surface area contributed by atoms with Crippen molar-refractivity contribution in [2.75, 3.05) is 16.9 Å². The predicted molar refractivity (Wildman–Crippen MR) is 164 cm³/mol. The van der Waals surface area contributed by atoms with E-state index in [1.165, 1.54) is 61.7 Å². The number of methoxy groups -OCH3 is 1. The summed E-state index contributed by atoms with van der Waals surface area (Å²) in [5, 5.41) is 29.4. The minimum Gasteiger partial charge on any atom is -0.504 e. The normalized spacial score (nSPS) is 26.4. The highest BCUT2D eigenvalue weighted by molar-refractivity contribution is 6.24. The van der Waals surface area contributed by atoms with Gasteiger partial charge in [-0.1, -0.05) is 29.8 Å². The molecular formula is C35H28N2O10. The van der Waals surface area contributed by atoms with Crippen molar-refractivity contribution in [3.8, 4) is 11.5 Å². The highest BCUT2D eigenvalue weighted by Gasteiger charge is 2.62. The smallest absolute Gasteiger partial charge is 0.335 e. The summed E-state index contributed by atoms with van der Waals surface area (Å²) in [5.74, 6) is -9.26. The van der Waals surface area contributed by atoms with Gasteiger partial charge in [0.2, 0.25) is 23.6 Å². The van der Waals surface area contributed by atoms with Crippen LogP contribution in [-0.2, 0) is 19.2 Å². The number of imide groups is 2. The van der Waals surface area contributed by atoms with Crippen LogP contribution in [0.5, 0.6) is 11.5 Å². The van der Waals surface area contributed by atoms with Gasteiger partial charge >= 0.3 is 11.9 Å². The van der Waals surface area contributed by atoms with Crippen LogP contribution in [0.4, 0.5) is 11.4 Å². The SMILES string of the molecule is COc1cc(C2C3=CCC4C(=O)N(c5cccc(C(=O)O)c5)C(=O)C4C3CC3C(=O)N(c4cccc(C(=O)O)c4)C(=O)C32)ccc1O. The fourth-order valence-corrected chi connectivity index (χ4v) is 7.92. The first-order valence-electron chi connectivity index (χ1n) is 15.0. The fourth-order valence-electron chi connectivity index (χ4n) is 7.92. The van der Waals surface area contributed by atoms with Gasteiger partial charge in [-0.25, -0.2) is 9.59 Å². The topological polar surface area (TPSA) is 179 Å². The Morgan fingerprint density at radius 1 is 0.723 bits per heavy atom. The van der Waals surface area contributed by atoms with Crippen LogP contribution in [0.3, 0.4) is 0 Å². The van der Waals surface area contributed by atoms with E-state index in [-0.39, 0.29) is 46.8 Å². The number of hydrogen-bond acceptors (Lipinski definition) is 8. The number of phenols is 1. The number of carboxylic acid groups (broad SMARTS) is 2. The van der Waals surface area contributed by atoms with E-state index in [1.807, 2.05) is 6.08 Å². The standard InChI is InChI=1S/C35H28N2O10/c1-47-26-14-16(8-11-25(26)38)27-21-9-10-22-28(32(41)36(30(22)39)19-6-2-4-17(12-19)34(43)44)23(21)15-24-29(27)33(42)37(31(24)40)20-7-3-5-18(13-20)35(45)46/h2-9,11-14,22-24,27-29,38H,10,15H2,1H3,(H,43,44)(H,45,46). The minimum absolute atomic E-state index is 0.0826. The Bertz CT molecular complexity index is 1950. The van der Waals surface area contributed by atoms with Gasteiger partial charge in [-0.2, -0.15) is 0 Å². The van der Waals surface area contributed by atoms with Gasteiger partial charge in [0.15, 0.2) is 11.5 Å². The van der Waals surface area contributed by atoms with Crippen molar-refractivity contribution in [1.82, 2.24) is 0 Å². The zero-order chi connectivity index (χ0) is 33.3. The van der Waals surface area contributed by atoms with Gasteiger partial charge in [0.05, 0.1) is 53.3 Å². The van der Waals surface area contributed by atoms with Crippen LogP contribution >= 0.6 is 0 Å². The molecule has 6 atom stereocenters. The molecule has 3 N–H and O–H groups in total. The molecule has 7 rings (SSSR count). The predicted octanol–water partition coefficient (Wildman–Crippen LogP) is 3.84. The Kier molecular flexibility index (Phi) is 6.96. The van der Waals surface area contributed by atoms with Gasteiger partial charge in [-0.15, -0.1) is 0 Å². The molecule has 1 saturated carbocycles. The summed E-state index contributed by atoms with van der Waals surface area (Å²) in [6, 6.07) is 15.8. The lowest BCUT2D eigenvalue weighted by molar-refractivity contribution is -0.126. The number of carboxylic acids is 2. The number of benzene rings is 3. The molecule has 0 radical (unpaired) electrons. The Balaban J connectivity index is 1.34. The molecule has 47 heavy (non-hydrogen) atoms. The Hall–Kier alpha value is -5.78. The van der Waals surface area contributed by atoms with E-state index < -0.39 is 71.1 Å². The Morgan fingerprint density at radius 3 is 1.87 bits per heavy atom. The number of carbonyl (C=O) groups excluding carboxylic acids is 4. The lowest BCUT2D eigenvalue weighted by atomic mass is 9.57. The number of hydrogen-bond donors (Lipinski definition) is 3. The number of nitrogens with zero attached hydrogens (tertiary/aromatic N) is 2. The van der Waals surface area contributed by atoms with Gasteiger partial charge in [0.25, 0.3) is 0 Å². The van der Waals surface area contributed by atoms with Crippen LogP contribution in [0.1, 0.15) is 45.0 Å². The van der Waals surface area contributed by atoms with Crippen molar-refractivity contribution >= 4 is 46.9 Å². The molecule has 3 aromatic carbocycles. The van der Waals surface area contributed by atoms with Crippen molar-refractivity contribution < 1.29 is 48.8 Å². The number of allylic oxidation sites excluding steroid dienone is 2. The molecule has 238 valence electrons. The third-order valence-electron chi connectivity index (χ3n) is 9.91. The second kappa shape index (κ2) is 10.9. The number of fused-ring (bicyclic) bond motifs is 4. The zero-order valence-corrected chi connectivity index (χ0v) is 24.9. The van der Waals surface area contributed by atoms with E-state index in [2.05, 4.69) is 0 Å². The maximum absolute atomic E-state index is 14.3. The van der Waals surface area contributed by atoms with Gasteiger partial charge in [-0.05, 0) is 72.9 Å². The first-order valence-corrected chi connectivity index (χ1v) is 15.0. The average Bonchev–Trinajstić information content (AvgIpc) is 3.47. The summed E-state index contributed by atoms with van der Waals surface area (Å²) in [6.07, 6.45) is 2.14. The second-order valence-electron chi connectivity index (χ2n) is 12.2. The van der Waals surface area contributed by atoms with Crippen molar-refractivity contribution in [3.63, 3.8) is 0 Å². The number of carbonyl (C=O) groups is 6. The molecule has 0 bridgehead atoms. The molecule has 4 aliphatic rings. The van der Waals surface area contributed by atoms with E-state index in [0.29, 0.717) is 11.1 Å². The molecule has 2 aliphatic carbocycles. The van der Waals surface area contributed by atoms with E-state index >= 15 is 0 Å². The molecule has 12 nitrogen and oxygen atoms in total. The number of anilines is 2. The Morgan fingerprint density at radius 2 is 1.30 bits per heavy atom.